The van der Waals surface area contributed by atoms with Crippen molar-refractivity contribution < 1.29 is 13.9 Å². The molecule has 0 atom stereocenters. The Morgan fingerprint density at radius 2 is 1.89 bits per heavy atom. The number of methoxy groups -OCH3 is 2. The zero-order valence-electron chi connectivity index (χ0n) is 10.2. The molecule has 0 radical (unpaired) electrons. The van der Waals surface area contributed by atoms with E-state index in [0.29, 0.717) is 6.42 Å². The standard InChI is InChI=1S/C13H14FNO2S/c1-16-13(17-2)11-8-18-12(15-11)7-9-3-5-10(14)6-4-9/h3-6,8,13H,7H2,1-2H3. The van der Waals surface area contributed by atoms with E-state index in [1.807, 2.05) is 5.38 Å². The minimum absolute atomic E-state index is 0.225. The first-order valence-electron chi connectivity index (χ1n) is 5.47. The summed E-state index contributed by atoms with van der Waals surface area (Å²) in [5.41, 5.74) is 1.80. The Kier molecular flexibility index (Phi) is 4.41. The van der Waals surface area contributed by atoms with Crippen molar-refractivity contribution in [2.24, 2.45) is 0 Å². The van der Waals surface area contributed by atoms with Gasteiger partial charge in [0.1, 0.15) is 11.5 Å². The summed E-state index contributed by atoms with van der Waals surface area (Å²) in [4.78, 5) is 4.44. The summed E-state index contributed by atoms with van der Waals surface area (Å²) in [6, 6.07) is 6.44. The molecule has 1 aromatic carbocycles. The van der Waals surface area contributed by atoms with E-state index in [2.05, 4.69) is 4.98 Å². The molecule has 5 heteroatoms. The van der Waals surface area contributed by atoms with Crippen molar-refractivity contribution in [2.45, 2.75) is 12.7 Å². The van der Waals surface area contributed by atoms with Gasteiger partial charge in [-0.15, -0.1) is 11.3 Å². The van der Waals surface area contributed by atoms with Gasteiger partial charge in [-0.05, 0) is 17.7 Å². The highest BCUT2D eigenvalue weighted by atomic mass is 32.1. The molecule has 0 aliphatic carbocycles. The van der Waals surface area contributed by atoms with Crippen LogP contribution in [0.1, 0.15) is 22.6 Å². The Bertz CT molecular complexity index is 494. The van der Waals surface area contributed by atoms with Crippen LogP contribution >= 0.6 is 11.3 Å². The smallest absolute Gasteiger partial charge is 0.201 e. The molecule has 0 spiro atoms. The van der Waals surface area contributed by atoms with Gasteiger partial charge in [-0.1, -0.05) is 12.1 Å². The normalized spacial score (nSPS) is 11.1. The number of thiazole rings is 1. The number of halogens is 1. The third kappa shape index (κ3) is 3.13. The number of rotatable bonds is 5. The minimum Gasteiger partial charge on any atom is -0.350 e. The van der Waals surface area contributed by atoms with E-state index < -0.39 is 6.29 Å². The number of benzene rings is 1. The summed E-state index contributed by atoms with van der Waals surface area (Å²) >= 11 is 1.54. The third-order valence-electron chi connectivity index (χ3n) is 2.51. The molecule has 2 rings (SSSR count). The Hall–Kier alpha value is -1.30. The fourth-order valence-corrected chi connectivity index (χ4v) is 2.46. The predicted molar refractivity (Wildman–Crippen MR) is 68.1 cm³/mol. The predicted octanol–water partition coefficient (Wildman–Crippen LogP) is 3.16. The van der Waals surface area contributed by atoms with Crippen LogP contribution in [0, 0.1) is 5.82 Å². The molecule has 0 N–H and O–H groups in total. The van der Waals surface area contributed by atoms with Crippen LogP contribution in [-0.4, -0.2) is 19.2 Å². The molecule has 18 heavy (non-hydrogen) atoms. The molecule has 2 aromatic rings. The molecule has 3 nitrogen and oxygen atoms in total. The Labute approximate surface area is 109 Å². The van der Waals surface area contributed by atoms with Crippen LogP contribution in [0.5, 0.6) is 0 Å². The lowest BCUT2D eigenvalue weighted by Crippen LogP contribution is -2.04. The number of nitrogens with zero attached hydrogens (tertiary/aromatic N) is 1. The molecule has 1 heterocycles. The van der Waals surface area contributed by atoms with Crippen molar-refractivity contribution in [3.05, 3.63) is 51.7 Å². The largest absolute Gasteiger partial charge is 0.350 e. The summed E-state index contributed by atoms with van der Waals surface area (Å²) < 4.78 is 23.1. The van der Waals surface area contributed by atoms with Gasteiger partial charge < -0.3 is 9.47 Å². The molecule has 0 aliphatic rings. The van der Waals surface area contributed by atoms with E-state index in [0.717, 1.165) is 16.3 Å². The molecule has 0 amide bonds. The first-order valence-corrected chi connectivity index (χ1v) is 6.35. The highest BCUT2D eigenvalue weighted by Crippen LogP contribution is 2.21. The molecule has 0 fully saturated rings. The van der Waals surface area contributed by atoms with Crippen molar-refractivity contribution in [3.63, 3.8) is 0 Å². The van der Waals surface area contributed by atoms with Crippen LogP contribution in [-0.2, 0) is 15.9 Å². The lowest BCUT2D eigenvalue weighted by atomic mass is 10.1. The van der Waals surface area contributed by atoms with Gasteiger partial charge in [0.2, 0.25) is 6.29 Å². The van der Waals surface area contributed by atoms with Crippen LogP contribution in [0.15, 0.2) is 29.6 Å². The molecule has 0 saturated heterocycles. The summed E-state index contributed by atoms with van der Waals surface area (Å²) in [7, 11) is 3.15. The van der Waals surface area contributed by atoms with E-state index in [1.54, 1.807) is 37.7 Å². The number of hydrogen-bond acceptors (Lipinski definition) is 4. The van der Waals surface area contributed by atoms with E-state index in [4.69, 9.17) is 9.47 Å². The fraction of sp³-hybridized carbons (Fsp3) is 0.308. The topological polar surface area (TPSA) is 31.4 Å². The molecule has 0 bridgehead atoms. The maximum atomic E-state index is 12.8. The zero-order valence-corrected chi connectivity index (χ0v) is 11.0. The molecule has 0 aliphatic heterocycles. The first kappa shape index (κ1) is 13.1. The second-order valence-electron chi connectivity index (χ2n) is 3.77. The third-order valence-corrected chi connectivity index (χ3v) is 3.37. The van der Waals surface area contributed by atoms with E-state index in [9.17, 15) is 4.39 Å². The quantitative estimate of drug-likeness (QED) is 0.780. The van der Waals surface area contributed by atoms with Crippen LogP contribution in [0.2, 0.25) is 0 Å². The Morgan fingerprint density at radius 1 is 1.22 bits per heavy atom. The van der Waals surface area contributed by atoms with E-state index in [1.165, 1.54) is 12.1 Å². The highest BCUT2D eigenvalue weighted by Gasteiger charge is 2.13. The van der Waals surface area contributed by atoms with Gasteiger partial charge in [0.05, 0.1) is 5.01 Å². The Morgan fingerprint density at radius 3 is 2.50 bits per heavy atom. The van der Waals surface area contributed by atoms with Crippen molar-refractivity contribution in [3.8, 4) is 0 Å². The molecular formula is C13H14FNO2S. The summed E-state index contributed by atoms with van der Waals surface area (Å²) in [6.45, 7) is 0. The van der Waals surface area contributed by atoms with Crippen molar-refractivity contribution in [2.75, 3.05) is 14.2 Å². The SMILES string of the molecule is COC(OC)c1csc(Cc2ccc(F)cc2)n1. The Balaban J connectivity index is 2.08. The zero-order chi connectivity index (χ0) is 13.0. The highest BCUT2D eigenvalue weighted by molar-refractivity contribution is 7.09. The molecule has 0 saturated carbocycles. The van der Waals surface area contributed by atoms with Crippen molar-refractivity contribution in [1.29, 1.82) is 0 Å². The van der Waals surface area contributed by atoms with Gasteiger partial charge in [-0.3, -0.25) is 0 Å². The van der Waals surface area contributed by atoms with Crippen molar-refractivity contribution in [1.82, 2.24) is 4.98 Å². The summed E-state index contributed by atoms with van der Waals surface area (Å²) in [5, 5.41) is 2.87. The monoisotopic (exact) mass is 267 g/mol. The lowest BCUT2D eigenvalue weighted by molar-refractivity contribution is -0.108. The van der Waals surface area contributed by atoms with Gasteiger partial charge in [-0.2, -0.15) is 0 Å². The number of ether oxygens (including phenoxy) is 2. The van der Waals surface area contributed by atoms with Gasteiger partial charge >= 0.3 is 0 Å². The molecular weight excluding hydrogens is 253 g/mol. The van der Waals surface area contributed by atoms with Gasteiger partial charge in [0.15, 0.2) is 0 Å². The summed E-state index contributed by atoms with van der Waals surface area (Å²) in [6.07, 6.45) is 0.258. The van der Waals surface area contributed by atoms with E-state index in [-0.39, 0.29) is 5.82 Å². The number of hydrogen-bond donors (Lipinski definition) is 0. The molecule has 0 unspecified atom stereocenters. The number of aromatic nitrogens is 1. The van der Waals surface area contributed by atoms with Gasteiger partial charge in [0, 0.05) is 26.0 Å². The lowest BCUT2D eigenvalue weighted by Gasteiger charge is -2.09. The fourth-order valence-electron chi connectivity index (χ4n) is 1.63. The molecule has 96 valence electrons. The average Bonchev–Trinajstić information content (AvgIpc) is 2.82. The second kappa shape index (κ2) is 6.04. The second-order valence-corrected chi connectivity index (χ2v) is 4.72. The minimum atomic E-state index is -0.428. The van der Waals surface area contributed by atoms with Gasteiger partial charge in [0.25, 0.3) is 0 Å². The molecule has 1 aromatic heterocycles. The van der Waals surface area contributed by atoms with Crippen LogP contribution in [0.25, 0.3) is 0 Å². The first-order chi connectivity index (χ1) is 8.72. The van der Waals surface area contributed by atoms with Crippen LogP contribution < -0.4 is 0 Å². The van der Waals surface area contributed by atoms with E-state index >= 15 is 0 Å². The summed E-state index contributed by atoms with van der Waals surface area (Å²) in [5.74, 6) is -0.225. The maximum absolute atomic E-state index is 12.8. The van der Waals surface area contributed by atoms with Crippen LogP contribution in [0.3, 0.4) is 0 Å². The van der Waals surface area contributed by atoms with Gasteiger partial charge in [-0.25, -0.2) is 9.37 Å². The van der Waals surface area contributed by atoms with Crippen LogP contribution in [0.4, 0.5) is 4.39 Å². The maximum Gasteiger partial charge on any atom is 0.201 e. The average molecular weight is 267 g/mol. The van der Waals surface area contributed by atoms with Crippen molar-refractivity contribution >= 4 is 11.3 Å².